The molecule has 1 unspecified atom stereocenters. The van der Waals surface area contributed by atoms with E-state index in [4.69, 9.17) is 16.3 Å². The lowest BCUT2D eigenvalue weighted by Crippen LogP contribution is -2.57. The number of nitrogens with one attached hydrogen (secondary N) is 2. The number of piperidine rings is 1. The van der Waals surface area contributed by atoms with Gasteiger partial charge in [0.15, 0.2) is 0 Å². The topological polar surface area (TPSA) is 70.7 Å². The van der Waals surface area contributed by atoms with Gasteiger partial charge < -0.3 is 15.4 Å². The molecule has 1 aromatic carbocycles. The highest BCUT2D eigenvalue weighted by Gasteiger charge is 2.40. The molecule has 1 aromatic rings. The molecule has 0 aliphatic carbocycles. The van der Waals surface area contributed by atoms with E-state index in [0.717, 1.165) is 13.1 Å². The molecule has 2 heterocycles. The normalized spacial score (nSPS) is 24.8. The first-order chi connectivity index (χ1) is 13.6. The fraction of sp³-hybridized carbons (Fsp3) is 0.619. The summed E-state index contributed by atoms with van der Waals surface area (Å²) >= 11 is 5.84. The van der Waals surface area contributed by atoms with Gasteiger partial charge in [-0.3, -0.25) is 14.5 Å². The van der Waals surface area contributed by atoms with Crippen LogP contribution in [0.2, 0.25) is 5.02 Å². The first-order valence-corrected chi connectivity index (χ1v) is 10.3. The lowest BCUT2D eigenvalue weighted by Gasteiger charge is -2.47. The van der Waals surface area contributed by atoms with Crippen LogP contribution in [0.4, 0.5) is 4.39 Å². The molecule has 0 saturated carbocycles. The molecule has 2 aliphatic heterocycles. The van der Waals surface area contributed by atoms with Gasteiger partial charge in [-0.15, -0.1) is 0 Å². The number of benzene rings is 1. The minimum Gasteiger partial charge on any atom is -0.381 e. The summed E-state index contributed by atoms with van der Waals surface area (Å²) in [4.78, 5) is 26.9. The van der Waals surface area contributed by atoms with Gasteiger partial charge in [-0.2, -0.15) is 0 Å². The Hall–Kier alpha value is -1.70. The van der Waals surface area contributed by atoms with Crippen molar-refractivity contribution in [2.45, 2.75) is 26.3 Å². The number of halogens is 2. The summed E-state index contributed by atoms with van der Waals surface area (Å²) in [6.45, 7) is 9.48. The Labute approximate surface area is 176 Å². The highest BCUT2D eigenvalue weighted by atomic mass is 35.5. The van der Waals surface area contributed by atoms with Crippen LogP contribution in [0.1, 0.15) is 31.1 Å². The summed E-state index contributed by atoms with van der Waals surface area (Å²) in [5, 5.41) is 6.12. The maximum atomic E-state index is 13.5. The second-order valence-corrected chi connectivity index (χ2v) is 9.52. The molecule has 160 valence electrons. The number of carbonyl (C=O) groups is 2. The lowest BCUT2D eigenvalue weighted by atomic mass is 9.76. The van der Waals surface area contributed by atoms with E-state index < -0.39 is 5.82 Å². The first kappa shape index (κ1) is 22.0. The Balaban J connectivity index is 1.56. The van der Waals surface area contributed by atoms with Crippen molar-refractivity contribution in [2.24, 2.45) is 17.8 Å². The van der Waals surface area contributed by atoms with Gasteiger partial charge in [0.05, 0.1) is 19.8 Å². The third kappa shape index (κ3) is 6.14. The number of hydrogen-bond acceptors (Lipinski definition) is 4. The largest absolute Gasteiger partial charge is 0.381 e. The highest BCUT2D eigenvalue weighted by Crippen LogP contribution is 2.33. The summed E-state index contributed by atoms with van der Waals surface area (Å²) in [5.74, 6) is -0.111. The Morgan fingerprint density at radius 2 is 1.86 bits per heavy atom. The van der Waals surface area contributed by atoms with Crippen LogP contribution < -0.4 is 10.6 Å². The van der Waals surface area contributed by atoms with Gasteiger partial charge >= 0.3 is 0 Å². The molecule has 2 amide bonds. The van der Waals surface area contributed by atoms with E-state index in [0.29, 0.717) is 26.3 Å². The van der Waals surface area contributed by atoms with Crippen LogP contribution in [-0.4, -0.2) is 61.6 Å². The van der Waals surface area contributed by atoms with Gasteiger partial charge in [-0.25, -0.2) is 4.39 Å². The van der Waals surface area contributed by atoms with Crippen LogP contribution in [0, 0.1) is 23.6 Å². The Bertz CT molecular complexity index is 734. The highest BCUT2D eigenvalue weighted by molar-refractivity contribution is 6.31. The third-order valence-electron chi connectivity index (χ3n) is 5.36. The molecule has 3 rings (SSSR count). The van der Waals surface area contributed by atoms with Crippen molar-refractivity contribution in [1.82, 2.24) is 15.5 Å². The summed E-state index contributed by atoms with van der Waals surface area (Å²) < 4.78 is 19.2. The van der Waals surface area contributed by atoms with Crippen molar-refractivity contribution < 1.29 is 18.7 Å². The molecule has 2 N–H and O–H groups in total. The number of amides is 2. The van der Waals surface area contributed by atoms with Gasteiger partial charge in [-0.05, 0) is 56.7 Å². The van der Waals surface area contributed by atoms with Crippen LogP contribution in [0.25, 0.3) is 0 Å². The van der Waals surface area contributed by atoms with Crippen molar-refractivity contribution in [3.05, 3.63) is 34.6 Å². The molecule has 2 bridgehead atoms. The third-order valence-corrected chi connectivity index (χ3v) is 5.58. The molecule has 29 heavy (non-hydrogen) atoms. The number of fused-ring (bicyclic) bond motifs is 2. The zero-order valence-electron chi connectivity index (χ0n) is 17.1. The molecule has 0 radical (unpaired) electrons. The van der Waals surface area contributed by atoms with Crippen LogP contribution in [0.15, 0.2) is 18.2 Å². The second kappa shape index (κ2) is 8.98. The number of likely N-dealkylation sites (tertiary alicyclic amines) is 1. The van der Waals surface area contributed by atoms with Crippen molar-refractivity contribution in [2.75, 3.05) is 39.4 Å². The average Bonchev–Trinajstić information content (AvgIpc) is 2.56. The zero-order chi connectivity index (χ0) is 21.2. The summed E-state index contributed by atoms with van der Waals surface area (Å²) in [5.41, 5.74) is -0.0360. The van der Waals surface area contributed by atoms with E-state index in [1.165, 1.54) is 18.2 Å². The second-order valence-electron chi connectivity index (χ2n) is 9.08. The van der Waals surface area contributed by atoms with Crippen molar-refractivity contribution >= 4 is 23.4 Å². The maximum Gasteiger partial charge on any atom is 0.251 e. The fourth-order valence-corrected chi connectivity index (χ4v) is 4.46. The fourth-order valence-electron chi connectivity index (χ4n) is 4.24. The molecular weight excluding hydrogens is 397 g/mol. The molecule has 6 nitrogen and oxygen atoms in total. The molecule has 0 spiro atoms. The Kier molecular flexibility index (Phi) is 6.81. The zero-order valence-corrected chi connectivity index (χ0v) is 17.9. The van der Waals surface area contributed by atoms with Crippen molar-refractivity contribution in [3.8, 4) is 0 Å². The Morgan fingerprint density at radius 1 is 1.21 bits per heavy atom. The molecule has 2 saturated heterocycles. The van der Waals surface area contributed by atoms with Gasteiger partial charge in [0, 0.05) is 35.8 Å². The van der Waals surface area contributed by atoms with Crippen LogP contribution in [-0.2, 0) is 9.53 Å². The molecule has 2 aliphatic rings. The van der Waals surface area contributed by atoms with E-state index >= 15 is 0 Å². The summed E-state index contributed by atoms with van der Waals surface area (Å²) in [7, 11) is 0. The van der Waals surface area contributed by atoms with Crippen molar-refractivity contribution in [1.29, 1.82) is 0 Å². The average molecular weight is 426 g/mol. The standard InChI is InChI=1S/C21H29ClFN3O3/c1-21(2,3)25-19(27)10-26-8-14-11-29-12-15(9-26)18(14)7-24-20(28)13-4-16(22)6-17(23)5-13/h4-6,14-15,18H,7-12H2,1-3H3,(H,24,28)(H,25,27)/t14-,15+,18?. The number of nitrogens with zero attached hydrogens (tertiary/aromatic N) is 1. The Morgan fingerprint density at radius 3 is 2.45 bits per heavy atom. The van der Waals surface area contributed by atoms with Gasteiger partial charge in [-0.1, -0.05) is 11.6 Å². The molecule has 0 aromatic heterocycles. The summed E-state index contributed by atoms with van der Waals surface area (Å²) in [6.07, 6.45) is 0. The van der Waals surface area contributed by atoms with Crippen molar-refractivity contribution in [3.63, 3.8) is 0 Å². The number of hydrogen-bond donors (Lipinski definition) is 2. The van der Waals surface area contributed by atoms with Crippen LogP contribution in [0.3, 0.4) is 0 Å². The molecular formula is C21H29ClFN3O3. The minimum atomic E-state index is -0.533. The summed E-state index contributed by atoms with van der Waals surface area (Å²) in [6, 6.07) is 3.81. The lowest BCUT2D eigenvalue weighted by molar-refractivity contribution is -0.127. The monoisotopic (exact) mass is 425 g/mol. The van der Waals surface area contributed by atoms with E-state index in [9.17, 15) is 14.0 Å². The molecule has 2 fully saturated rings. The SMILES string of the molecule is CC(C)(C)NC(=O)CN1C[C@H]2COC[C@@H](C1)C2CNC(=O)c1cc(F)cc(Cl)c1. The van der Waals surface area contributed by atoms with Crippen LogP contribution >= 0.6 is 11.6 Å². The molecule has 8 heteroatoms. The smallest absolute Gasteiger partial charge is 0.251 e. The minimum absolute atomic E-state index is 0.0197. The van der Waals surface area contributed by atoms with E-state index in [1.54, 1.807) is 0 Å². The molecule has 3 atom stereocenters. The van der Waals surface area contributed by atoms with E-state index in [2.05, 4.69) is 15.5 Å². The predicted molar refractivity (Wildman–Crippen MR) is 109 cm³/mol. The number of ether oxygens (including phenoxy) is 1. The number of rotatable bonds is 5. The van der Waals surface area contributed by atoms with E-state index in [1.807, 2.05) is 20.8 Å². The van der Waals surface area contributed by atoms with Crippen LogP contribution in [0.5, 0.6) is 0 Å². The quantitative estimate of drug-likeness (QED) is 0.759. The number of carbonyl (C=O) groups excluding carboxylic acids is 2. The predicted octanol–water partition coefficient (Wildman–Crippen LogP) is 2.32. The maximum absolute atomic E-state index is 13.5. The first-order valence-electron chi connectivity index (χ1n) is 9.96. The van der Waals surface area contributed by atoms with Gasteiger partial charge in [0.2, 0.25) is 5.91 Å². The van der Waals surface area contributed by atoms with Gasteiger partial charge in [0.25, 0.3) is 5.91 Å². The van der Waals surface area contributed by atoms with E-state index in [-0.39, 0.29) is 45.7 Å². The van der Waals surface area contributed by atoms with Gasteiger partial charge in [0.1, 0.15) is 5.82 Å².